The van der Waals surface area contributed by atoms with E-state index in [1.165, 1.54) is 12.3 Å². The largest absolute Gasteiger partial charge is 0.478 e. The summed E-state index contributed by atoms with van der Waals surface area (Å²) < 4.78 is 0.974. The third-order valence-corrected chi connectivity index (χ3v) is 4.00. The number of carbonyl (C=O) groups is 1. The fraction of sp³-hybridized carbons (Fsp3) is 0.0714. The maximum Gasteiger partial charge on any atom is 0.338 e. The van der Waals surface area contributed by atoms with Crippen LogP contribution in [0.1, 0.15) is 15.9 Å². The van der Waals surface area contributed by atoms with Crippen molar-refractivity contribution < 1.29 is 9.90 Å². The molecule has 2 heterocycles. The van der Waals surface area contributed by atoms with Crippen LogP contribution in [0.4, 0.5) is 0 Å². The van der Waals surface area contributed by atoms with E-state index in [1.807, 2.05) is 25.1 Å². The number of aromatic amines is 1. The summed E-state index contributed by atoms with van der Waals surface area (Å²) in [5.74, 6) is -0.390. The molecular formula is C14H10BrN3O2. The van der Waals surface area contributed by atoms with Crippen molar-refractivity contribution in [1.29, 1.82) is 0 Å². The number of hydrogen-bond acceptors (Lipinski definition) is 3. The van der Waals surface area contributed by atoms with E-state index in [-0.39, 0.29) is 5.56 Å². The van der Waals surface area contributed by atoms with Gasteiger partial charge in [-0.3, -0.25) is 0 Å². The number of nitrogens with one attached hydrogen (secondary N) is 1. The molecule has 0 aliphatic carbocycles. The lowest BCUT2D eigenvalue weighted by Gasteiger charge is -2.03. The van der Waals surface area contributed by atoms with E-state index < -0.39 is 5.97 Å². The molecule has 3 aromatic rings. The van der Waals surface area contributed by atoms with Gasteiger partial charge < -0.3 is 10.1 Å². The van der Waals surface area contributed by atoms with E-state index in [0.29, 0.717) is 17.0 Å². The highest BCUT2D eigenvalue weighted by Gasteiger charge is 2.15. The minimum atomic E-state index is -1.00. The van der Waals surface area contributed by atoms with Gasteiger partial charge in [-0.05, 0) is 24.6 Å². The lowest BCUT2D eigenvalue weighted by molar-refractivity contribution is 0.0699. The van der Waals surface area contributed by atoms with Crippen molar-refractivity contribution >= 4 is 33.1 Å². The summed E-state index contributed by atoms with van der Waals surface area (Å²) in [5.41, 5.74) is 2.95. The van der Waals surface area contributed by atoms with Gasteiger partial charge >= 0.3 is 5.97 Å². The third-order valence-electron chi connectivity index (χ3n) is 3.15. The Morgan fingerprint density at radius 3 is 2.90 bits per heavy atom. The number of halogens is 1. The fourth-order valence-corrected chi connectivity index (χ4v) is 2.45. The summed E-state index contributed by atoms with van der Waals surface area (Å²) in [7, 11) is 0. The molecule has 0 fully saturated rings. The monoisotopic (exact) mass is 331 g/mol. The third kappa shape index (κ3) is 1.98. The van der Waals surface area contributed by atoms with Crippen LogP contribution in [0.3, 0.4) is 0 Å². The number of carboxylic acid groups (broad SMARTS) is 1. The Balaban J connectivity index is 2.26. The molecule has 100 valence electrons. The van der Waals surface area contributed by atoms with Crippen molar-refractivity contribution in [2.75, 3.05) is 0 Å². The Hall–Kier alpha value is -2.21. The molecule has 0 saturated heterocycles. The number of carboxylic acids is 1. The standard InChI is InChI=1S/C14H10BrN3O2/c1-7-8(3-2-4-10(7)15)12-17-11-9(14(19)20)5-6-16-13(11)18-12/h2-6H,1H3,(H,19,20)(H,16,17,18). The first kappa shape index (κ1) is 12.8. The molecule has 0 aliphatic heterocycles. The zero-order valence-electron chi connectivity index (χ0n) is 10.5. The molecule has 0 bridgehead atoms. The van der Waals surface area contributed by atoms with Crippen LogP contribution in [0.25, 0.3) is 22.6 Å². The lowest BCUT2D eigenvalue weighted by atomic mass is 10.1. The molecule has 20 heavy (non-hydrogen) atoms. The van der Waals surface area contributed by atoms with Crippen LogP contribution in [-0.4, -0.2) is 26.0 Å². The van der Waals surface area contributed by atoms with Crippen LogP contribution >= 0.6 is 15.9 Å². The Morgan fingerprint density at radius 1 is 1.35 bits per heavy atom. The predicted molar refractivity (Wildman–Crippen MR) is 78.7 cm³/mol. The Labute approximate surface area is 122 Å². The van der Waals surface area contributed by atoms with Gasteiger partial charge in [-0.15, -0.1) is 0 Å². The zero-order chi connectivity index (χ0) is 14.3. The van der Waals surface area contributed by atoms with Crippen LogP contribution in [-0.2, 0) is 0 Å². The highest BCUT2D eigenvalue weighted by Crippen LogP contribution is 2.28. The number of rotatable bonds is 2. The summed E-state index contributed by atoms with van der Waals surface area (Å²) in [6.07, 6.45) is 1.45. The molecule has 6 heteroatoms. The lowest BCUT2D eigenvalue weighted by Crippen LogP contribution is -1.97. The minimum absolute atomic E-state index is 0.168. The van der Waals surface area contributed by atoms with Crippen molar-refractivity contribution in [3.63, 3.8) is 0 Å². The Kier molecular flexibility index (Phi) is 3.02. The van der Waals surface area contributed by atoms with E-state index in [2.05, 4.69) is 30.9 Å². The van der Waals surface area contributed by atoms with Gasteiger partial charge in [-0.25, -0.2) is 14.8 Å². The number of nitrogens with zero attached hydrogens (tertiary/aromatic N) is 2. The number of benzene rings is 1. The first-order valence-electron chi connectivity index (χ1n) is 5.91. The molecule has 0 unspecified atom stereocenters. The van der Waals surface area contributed by atoms with Crippen molar-refractivity contribution in [3.05, 3.63) is 46.1 Å². The average Bonchev–Trinajstić information content (AvgIpc) is 2.84. The zero-order valence-corrected chi connectivity index (χ0v) is 12.1. The van der Waals surface area contributed by atoms with Crippen LogP contribution < -0.4 is 0 Å². The van der Waals surface area contributed by atoms with Gasteiger partial charge in [0, 0.05) is 16.2 Å². The number of pyridine rings is 1. The minimum Gasteiger partial charge on any atom is -0.478 e. The van der Waals surface area contributed by atoms with Crippen LogP contribution in [0.15, 0.2) is 34.9 Å². The van der Waals surface area contributed by atoms with E-state index in [1.54, 1.807) is 0 Å². The van der Waals surface area contributed by atoms with E-state index >= 15 is 0 Å². The highest BCUT2D eigenvalue weighted by atomic mass is 79.9. The van der Waals surface area contributed by atoms with Crippen LogP contribution in [0.2, 0.25) is 0 Å². The maximum atomic E-state index is 11.2. The normalized spacial score (nSPS) is 10.9. The first-order chi connectivity index (χ1) is 9.58. The maximum absolute atomic E-state index is 11.2. The summed E-state index contributed by atoms with van der Waals surface area (Å²) >= 11 is 3.47. The molecule has 0 amide bonds. The Bertz CT molecular complexity index is 826. The van der Waals surface area contributed by atoms with Gasteiger partial charge in [0.2, 0.25) is 0 Å². The first-order valence-corrected chi connectivity index (χ1v) is 6.70. The van der Waals surface area contributed by atoms with E-state index in [0.717, 1.165) is 15.6 Å². The van der Waals surface area contributed by atoms with Gasteiger partial charge in [0.15, 0.2) is 5.65 Å². The number of fused-ring (bicyclic) bond motifs is 1. The van der Waals surface area contributed by atoms with Gasteiger partial charge in [-0.1, -0.05) is 28.1 Å². The molecule has 2 N–H and O–H groups in total. The summed E-state index contributed by atoms with van der Waals surface area (Å²) in [5, 5.41) is 9.18. The molecule has 2 aromatic heterocycles. The average molecular weight is 332 g/mol. The molecule has 5 nitrogen and oxygen atoms in total. The second kappa shape index (κ2) is 4.72. The number of hydrogen-bond donors (Lipinski definition) is 2. The number of imidazole rings is 1. The topological polar surface area (TPSA) is 78.9 Å². The van der Waals surface area contributed by atoms with Gasteiger partial charge in [0.1, 0.15) is 5.82 Å². The molecule has 0 spiro atoms. The fourth-order valence-electron chi connectivity index (χ4n) is 2.08. The van der Waals surface area contributed by atoms with Crippen molar-refractivity contribution in [3.8, 4) is 11.4 Å². The summed E-state index contributed by atoms with van der Waals surface area (Å²) in [6, 6.07) is 7.24. The number of H-pyrrole nitrogens is 1. The van der Waals surface area contributed by atoms with Crippen molar-refractivity contribution in [2.24, 2.45) is 0 Å². The Morgan fingerprint density at radius 2 is 2.15 bits per heavy atom. The van der Waals surface area contributed by atoms with Gasteiger partial charge in [-0.2, -0.15) is 0 Å². The molecule has 0 aliphatic rings. The quantitative estimate of drug-likeness (QED) is 0.754. The van der Waals surface area contributed by atoms with Crippen LogP contribution in [0, 0.1) is 6.92 Å². The highest BCUT2D eigenvalue weighted by molar-refractivity contribution is 9.10. The number of aromatic carboxylic acids is 1. The van der Waals surface area contributed by atoms with Crippen molar-refractivity contribution in [2.45, 2.75) is 6.92 Å². The molecule has 0 radical (unpaired) electrons. The molecule has 0 saturated carbocycles. The van der Waals surface area contributed by atoms with Crippen molar-refractivity contribution in [1.82, 2.24) is 15.0 Å². The summed E-state index contributed by atoms with van der Waals surface area (Å²) in [4.78, 5) is 22.7. The molecule has 3 rings (SSSR count). The molecule has 0 atom stereocenters. The van der Waals surface area contributed by atoms with E-state index in [9.17, 15) is 9.90 Å². The second-order valence-electron chi connectivity index (χ2n) is 4.36. The molecular weight excluding hydrogens is 322 g/mol. The van der Waals surface area contributed by atoms with E-state index in [4.69, 9.17) is 0 Å². The molecule has 1 aromatic carbocycles. The second-order valence-corrected chi connectivity index (χ2v) is 5.21. The summed E-state index contributed by atoms with van der Waals surface area (Å²) in [6.45, 7) is 1.97. The number of aromatic nitrogens is 3. The predicted octanol–water partition coefficient (Wildman–Crippen LogP) is 3.39. The van der Waals surface area contributed by atoms with Gasteiger partial charge in [0.25, 0.3) is 0 Å². The van der Waals surface area contributed by atoms with Gasteiger partial charge in [0.05, 0.1) is 11.1 Å². The SMILES string of the molecule is Cc1c(Br)cccc1-c1nc2nccc(C(=O)O)c2[nH]1. The van der Waals surface area contributed by atoms with Crippen LogP contribution in [0.5, 0.6) is 0 Å². The smallest absolute Gasteiger partial charge is 0.338 e.